The highest BCUT2D eigenvalue weighted by Gasteiger charge is 2.48. The third kappa shape index (κ3) is 3.99. The molecule has 0 fully saturated rings. The molecule has 1 aromatic rings. The van der Waals surface area contributed by atoms with Crippen molar-refractivity contribution in [1.82, 2.24) is 5.16 Å². The highest BCUT2D eigenvalue weighted by molar-refractivity contribution is 5.28. The second kappa shape index (κ2) is 5.98. The van der Waals surface area contributed by atoms with Gasteiger partial charge in [-0.3, -0.25) is 4.85 Å². The van der Waals surface area contributed by atoms with Gasteiger partial charge < -0.3 is 9.63 Å². The van der Waals surface area contributed by atoms with Crippen LogP contribution in [0.5, 0.6) is 0 Å². The van der Waals surface area contributed by atoms with E-state index in [1.807, 2.05) is 0 Å². The van der Waals surface area contributed by atoms with Crippen molar-refractivity contribution in [3.63, 3.8) is 0 Å². The molecule has 1 N–H and O–H groups in total. The fourth-order valence-electron chi connectivity index (χ4n) is 1.91. The maximum absolute atomic E-state index is 12.4. The molecule has 1 rings (SSSR count). The molecule has 22 heavy (non-hydrogen) atoms. The van der Waals surface area contributed by atoms with Crippen LogP contribution in [0.3, 0.4) is 0 Å². The quantitative estimate of drug-likeness (QED) is 0.844. The van der Waals surface area contributed by atoms with Crippen LogP contribution in [0, 0.1) is 17.9 Å². The first-order valence-corrected chi connectivity index (χ1v) is 6.51. The molecule has 0 aliphatic carbocycles. The minimum absolute atomic E-state index is 0.113. The highest BCUT2D eigenvalue weighted by atomic mass is 19.4. The average Bonchev–Trinajstić information content (AvgIpc) is 2.88. The number of rotatable bonds is 5. The van der Waals surface area contributed by atoms with Gasteiger partial charge in [-0.2, -0.15) is 18.4 Å². The maximum atomic E-state index is 12.4. The summed E-state index contributed by atoms with van der Waals surface area (Å²) in [6, 6.07) is 3.04. The summed E-state index contributed by atoms with van der Waals surface area (Å²) in [6.45, 7) is 11.5. The van der Waals surface area contributed by atoms with Crippen LogP contribution < -0.4 is 0 Å². The van der Waals surface area contributed by atoms with Crippen molar-refractivity contribution in [3.8, 4) is 6.07 Å². The number of hydrogen-bond donors (Lipinski definition) is 1. The van der Waals surface area contributed by atoms with Gasteiger partial charge in [0.2, 0.25) is 0 Å². The Morgan fingerprint density at radius 2 is 2.05 bits per heavy atom. The van der Waals surface area contributed by atoms with E-state index < -0.39 is 36.1 Å². The van der Waals surface area contributed by atoms with Crippen LogP contribution in [-0.2, 0) is 5.60 Å². The van der Waals surface area contributed by atoms with Crippen LogP contribution in [0.1, 0.15) is 51.0 Å². The normalized spacial score (nSPS) is 16.4. The first kappa shape index (κ1) is 18.0. The van der Waals surface area contributed by atoms with Crippen LogP contribution in [0.15, 0.2) is 10.6 Å². The van der Waals surface area contributed by atoms with Crippen molar-refractivity contribution in [2.24, 2.45) is 0 Å². The molecule has 0 saturated carbocycles. The van der Waals surface area contributed by atoms with Gasteiger partial charge in [-0.25, -0.2) is 6.57 Å². The van der Waals surface area contributed by atoms with E-state index in [2.05, 4.69) is 10.0 Å². The lowest BCUT2D eigenvalue weighted by molar-refractivity contribution is -0.137. The number of alkyl halides is 3. The molecular weight excluding hydrogens is 299 g/mol. The van der Waals surface area contributed by atoms with E-state index in [1.165, 1.54) is 26.8 Å². The predicted molar refractivity (Wildman–Crippen MR) is 70.4 cm³/mol. The number of aliphatic hydroxyl groups is 1. The van der Waals surface area contributed by atoms with Gasteiger partial charge >= 0.3 is 11.7 Å². The monoisotopic (exact) mass is 315 g/mol. The summed E-state index contributed by atoms with van der Waals surface area (Å²) >= 11 is 0. The van der Waals surface area contributed by atoms with Gasteiger partial charge in [-0.1, -0.05) is 5.16 Å². The van der Waals surface area contributed by atoms with Gasteiger partial charge in [0.25, 0.3) is 0 Å². The van der Waals surface area contributed by atoms with E-state index in [-0.39, 0.29) is 11.5 Å². The summed E-state index contributed by atoms with van der Waals surface area (Å²) in [7, 11) is 0. The predicted octanol–water partition coefficient (Wildman–Crippen LogP) is 3.53. The van der Waals surface area contributed by atoms with Gasteiger partial charge in [-0.05, 0) is 20.8 Å². The molecule has 120 valence electrons. The topological polar surface area (TPSA) is 74.4 Å². The SMILES string of the molecule is [C-]#[N+]C(C#N)(CCC(F)(F)F)C(C)c1cc(C(C)(C)O)on1. The lowest BCUT2D eigenvalue weighted by Gasteiger charge is -2.20. The molecule has 8 heteroatoms. The van der Waals surface area contributed by atoms with Crippen LogP contribution in [0.2, 0.25) is 0 Å². The van der Waals surface area contributed by atoms with Crippen LogP contribution in [-0.4, -0.2) is 22.0 Å². The third-order valence-electron chi connectivity index (χ3n) is 3.47. The zero-order chi connectivity index (χ0) is 17.2. The van der Waals surface area contributed by atoms with E-state index in [9.17, 15) is 23.5 Å². The van der Waals surface area contributed by atoms with E-state index in [4.69, 9.17) is 11.1 Å². The Bertz CT molecular complexity index is 589. The molecule has 1 heterocycles. The second-order valence-corrected chi connectivity index (χ2v) is 5.66. The van der Waals surface area contributed by atoms with Crippen LogP contribution in [0.4, 0.5) is 13.2 Å². The summed E-state index contributed by atoms with van der Waals surface area (Å²) in [5.41, 5.74) is -3.04. The summed E-state index contributed by atoms with van der Waals surface area (Å²) < 4.78 is 42.2. The summed E-state index contributed by atoms with van der Waals surface area (Å²) in [6.07, 6.45) is -6.33. The first-order valence-electron chi connectivity index (χ1n) is 6.51. The van der Waals surface area contributed by atoms with Gasteiger partial charge in [-0.15, -0.1) is 0 Å². The molecule has 0 bridgehead atoms. The zero-order valence-corrected chi connectivity index (χ0v) is 12.4. The van der Waals surface area contributed by atoms with E-state index in [1.54, 1.807) is 6.07 Å². The summed E-state index contributed by atoms with van der Waals surface area (Å²) in [5.74, 6) is -0.779. The molecule has 0 aliphatic rings. The lowest BCUT2D eigenvalue weighted by Crippen LogP contribution is -2.31. The average molecular weight is 315 g/mol. The first-order chi connectivity index (χ1) is 9.95. The van der Waals surface area contributed by atoms with Crippen molar-refractivity contribution >= 4 is 0 Å². The van der Waals surface area contributed by atoms with Crippen molar-refractivity contribution in [2.45, 2.75) is 56.8 Å². The zero-order valence-electron chi connectivity index (χ0n) is 12.4. The van der Waals surface area contributed by atoms with E-state index in [0.29, 0.717) is 0 Å². The number of nitrogens with zero attached hydrogens (tertiary/aromatic N) is 3. The Hall–Kier alpha value is -2.06. The number of halogens is 3. The number of nitriles is 1. The molecule has 0 aromatic carbocycles. The standard InChI is InChI=1S/C14H16F3N3O2/c1-9(10-7-11(22-20-10)12(2,3)21)13(8-18,19-4)5-6-14(15,16)17/h7,9,21H,5-6H2,1-3H3. The van der Waals surface area contributed by atoms with Gasteiger partial charge in [0.05, 0.1) is 18.0 Å². The lowest BCUT2D eigenvalue weighted by atomic mass is 9.81. The smallest absolute Gasteiger partial charge is 0.382 e. The molecule has 0 aliphatic heterocycles. The molecule has 0 amide bonds. The van der Waals surface area contributed by atoms with Gasteiger partial charge in [0.15, 0.2) is 11.8 Å². The minimum atomic E-state index is -4.45. The van der Waals surface area contributed by atoms with Crippen LogP contribution in [0.25, 0.3) is 4.85 Å². The van der Waals surface area contributed by atoms with Gasteiger partial charge in [0.1, 0.15) is 5.60 Å². The Balaban J connectivity index is 3.09. The maximum Gasteiger partial charge on any atom is 0.389 e. The Morgan fingerprint density at radius 3 is 2.41 bits per heavy atom. The minimum Gasteiger partial charge on any atom is -0.382 e. The molecule has 2 unspecified atom stereocenters. The van der Waals surface area contributed by atoms with Gasteiger partial charge in [0, 0.05) is 12.5 Å². The molecule has 1 aromatic heterocycles. The Kier molecular flexibility index (Phi) is 4.89. The fraction of sp³-hybridized carbons (Fsp3) is 0.643. The van der Waals surface area contributed by atoms with E-state index >= 15 is 0 Å². The molecule has 0 radical (unpaired) electrons. The van der Waals surface area contributed by atoms with Crippen molar-refractivity contribution < 1.29 is 22.8 Å². The van der Waals surface area contributed by atoms with Crippen LogP contribution >= 0.6 is 0 Å². The Labute approximate surface area is 126 Å². The Morgan fingerprint density at radius 1 is 1.45 bits per heavy atom. The molecule has 0 spiro atoms. The largest absolute Gasteiger partial charge is 0.389 e. The number of hydrogen-bond acceptors (Lipinski definition) is 4. The van der Waals surface area contributed by atoms with Crippen molar-refractivity contribution in [1.29, 1.82) is 5.26 Å². The fourth-order valence-corrected chi connectivity index (χ4v) is 1.91. The number of aromatic nitrogens is 1. The molecule has 2 atom stereocenters. The second-order valence-electron chi connectivity index (χ2n) is 5.66. The molecule has 0 saturated heterocycles. The van der Waals surface area contributed by atoms with Crippen molar-refractivity contribution in [2.75, 3.05) is 0 Å². The van der Waals surface area contributed by atoms with Crippen molar-refractivity contribution in [3.05, 3.63) is 28.9 Å². The highest BCUT2D eigenvalue weighted by Crippen LogP contribution is 2.38. The molecule has 5 nitrogen and oxygen atoms in total. The summed E-state index contributed by atoms with van der Waals surface area (Å²) in [5, 5.41) is 22.7. The molecular formula is C14H16F3N3O2. The third-order valence-corrected chi connectivity index (χ3v) is 3.47. The van der Waals surface area contributed by atoms with E-state index in [0.717, 1.165) is 0 Å². The summed E-state index contributed by atoms with van der Waals surface area (Å²) in [4.78, 5) is 3.13.